The molecule has 0 spiro atoms. The van der Waals surface area contributed by atoms with Crippen molar-refractivity contribution in [1.29, 1.82) is 0 Å². The highest BCUT2D eigenvalue weighted by Gasteiger charge is 2.01. The highest BCUT2D eigenvalue weighted by Crippen LogP contribution is 2.16. The Morgan fingerprint density at radius 2 is 1.80 bits per heavy atom. The third kappa shape index (κ3) is 4.07. The predicted molar refractivity (Wildman–Crippen MR) is 87.7 cm³/mol. The number of rotatable bonds is 3. The summed E-state index contributed by atoms with van der Waals surface area (Å²) in [5.74, 6) is -0.124. The van der Waals surface area contributed by atoms with Crippen LogP contribution in [0.4, 0.5) is 5.69 Å². The van der Waals surface area contributed by atoms with Gasteiger partial charge in [0.1, 0.15) is 0 Å². The first-order chi connectivity index (χ1) is 9.54. The van der Waals surface area contributed by atoms with E-state index in [1.54, 1.807) is 12.2 Å². The van der Waals surface area contributed by atoms with E-state index in [4.69, 9.17) is 0 Å². The van der Waals surface area contributed by atoms with Gasteiger partial charge in [0.15, 0.2) is 0 Å². The fourth-order valence-electron chi connectivity index (χ4n) is 1.79. The van der Waals surface area contributed by atoms with Crippen molar-refractivity contribution >= 4 is 33.6 Å². The molecule has 0 aromatic heterocycles. The van der Waals surface area contributed by atoms with Crippen LogP contribution >= 0.6 is 15.9 Å². The lowest BCUT2D eigenvalue weighted by molar-refractivity contribution is -0.111. The molecule has 0 saturated carbocycles. The first-order valence-electron chi connectivity index (χ1n) is 6.36. The van der Waals surface area contributed by atoms with Crippen molar-refractivity contribution in [2.75, 3.05) is 5.32 Å². The molecule has 2 nitrogen and oxygen atoms in total. The summed E-state index contributed by atoms with van der Waals surface area (Å²) in [4.78, 5) is 11.9. The Kier molecular flexibility index (Phi) is 4.74. The largest absolute Gasteiger partial charge is 0.322 e. The topological polar surface area (TPSA) is 29.1 Å². The fraction of sp³-hybridized carbons (Fsp3) is 0.118. The summed E-state index contributed by atoms with van der Waals surface area (Å²) in [6.07, 6.45) is 3.35. The van der Waals surface area contributed by atoms with Crippen LogP contribution < -0.4 is 5.32 Å². The summed E-state index contributed by atoms with van der Waals surface area (Å²) >= 11 is 3.38. The summed E-state index contributed by atoms with van der Waals surface area (Å²) in [5.41, 5.74) is 4.03. The van der Waals surface area contributed by atoms with Crippen LogP contribution in [0.25, 0.3) is 6.08 Å². The van der Waals surface area contributed by atoms with Crippen molar-refractivity contribution in [3.63, 3.8) is 0 Å². The van der Waals surface area contributed by atoms with E-state index in [1.807, 2.05) is 56.3 Å². The maximum absolute atomic E-state index is 11.9. The second-order valence-corrected chi connectivity index (χ2v) is 5.61. The first kappa shape index (κ1) is 14.5. The number of aryl methyl sites for hydroxylation is 2. The Hall–Kier alpha value is -1.87. The lowest BCUT2D eigenvalue weighted by atomic mass is 10.1. The van der Waals surface area contributed by atoms with E-state index in [9.17, 15) is 4.79 Å². The average molecular weight is 330 g/mol. The number of nitrogens with one attached hydrogen (secondary N) is 1. The van der Waals surface area contributed by atoms with Crippen molar-refractivity contribution in [2.45, 2.75) is 13.8 Å². The molecular weight excluding hydrogens is 314 g/mol. The Labute approximate surface area is 127 Å². The molecule has 0 bridgehead atoms. The van der Waals surface area contributed by atoms with Crippen LogP contribution in [-0.2, 0) is 4.79 Å². The highest BCUT2D eigenvalue weighted by molar-refractivity contribution is 9.10. The summed E-state index contributed by atoms with van der Waals surface area (Å²) in [6, 6.07) is 13.8. The lowest BCUT2D eigenvalue weighted by Gasteiger charge is -2.07. The number of halogens is 1. The zero-order chi connectivity index (χ0) is 14.5. The fourth-order valence-corrected chi connectivity index (χ4v) is 2.06. The van der Waals surface area contributed by atoms with Gasteiger partial charge in [-0.15, -0.1) is 0 Å². The maximum atomic E-state index is 11.9. The third-order valence-electron chi connectivity index (χ3n) is 2.95. The maximum Gasteiger partial charge on any atom is 0.248 e. The summed E-state index contributed by atoms with van der Waals surface area (Å²) in [6.45, 7) is 3.99. The Morgan fingerprint density at radius 1 is 1.10 bits per heavy atom. The molecule has 1 amide bonds. The SMILES string of the molecule is Cc1ccc(C)c(NC(=O)C=Cc2ccc(Br)cc2)c1. The van der Waals surface area contributed by atoms with Gasteiger partial charge in [-0.2, -0.15) is 0 Å². The van der Waals surface area contributed by atoms with E-state index >= 15 is 0 Å². The van der Waals surface area contributed by atoms with E-state index in [2.05, 4.69) is 21.2 Å². The highest BCUT2D eigenvalue weighted by atomic mass is 79.9. The van der Waals surface area contributed by atoms with Gasteiger partial charge in [-0.1, -0.05) is 40.2 Å². The van der Waals surface area contributed by atoms with Crippen LogP contribution in [0.3, 0.4) is 0 Å². The lowest BCUT2D eigenvalue weighted by Crippen LogP contribution is -2.09. The van der Waals surface area contributed by atoms with Crippen LogP contribution in [0.1, 0.15) is 16.7 Å². The molecule has 0 aliphatic rings. The molecule has 2 aromatic rings. The van der Waals surface area contributed by atoms with Gasteiger partial charge in [-0.05, 0) is 54.8 Å². The molecule has 0 radical (unpaired) electrons. The van der Waals surface area contributed by atoms with E-state index in [1.165, 1.54) is 0 Å². The van der Waals surface area contributed by atoms with Gasteiger partial charge < -0.3 is 5.32 Å². The number of carbonyl (C=O) groups is 1. The Bertz CT molecular complexity index is 645. The van der Waals surface area contributed by atoms with Crippen molar-refractivity contribution in [2.24, 2.45) is 0 Å². The minimum absolute atomic E-state index is 0.124. The Morgan fingerprint density at radius 3 is 2.50 bits per heavy atom. The van der Waals surface area contributed by atoms with E-state index in [-0.39, 0.29) is 5.91 Å². The molecular formula is C17H16BrNO. The molecule has 3 heteroatoms. The Balaban J connectivity index is 2.05. The van der Waals surface area contributed by atoms with Crippen LogP contribution in [0.15, 0.2) is 53.0 Å². The molecule has 0 heterocycles. The molecule has 2 rings (SSSR count). The minimum Gasteiger partial charge on any atom is -0.322 e. The van der Waals surface area contributed by atoms with Crippen LogP contribution in [-0.4, -0.2) is 5.91 Å². The van der Waals surface area contributed by atoms with Gasteiger partial charge in [-0.3, -0.25) is 4.79 Å². The van der Waals surface area contributed by atoms with Gasteiger partial charge in [0, 0.05) is 16.2 Å². The van der Waals surface area contributed by atoms with Gasteiger partial charge in [0.2, 0.25) is 5.91 Å². The summed E-state index contributed by atoms with van der Waals surface area (Å²) in [5, 5.41) is 2.90. The number of benzene rings is 2. The molecule has 20 heavy (non-hydrogen) atoms. The first-order valence-corrected chi connectivity index (χ1v) is 7.16. The third-order valence-corrected chi connectivity index (χ3v) is 3.48. The number of hydrogen-bond acceptors (Lipinski definition) is 1. The molecule has 0 fully saturated rings. The van der Waals surface area contributed by atoms with Gasteiger partial charge >= 0.3 is 0 Å². The van der Waals surface area contributed by atoms with E-state index in [0.29, 0.717) is 0 Å². The number of carbonyl (C=O) groups excluding carboxylic acids is 1. The summed E-state index contributed by atoms with van der Waals surface area (Å²) < 4.78 is 1.02. The van der Waals surface area contributed by atoms with Crippen molar-refractivity contribution in [1.82, 2.24) is 0 Å². The molecule has 0 aliphatic carbocycles. The molecule has 2 aromatic carbocycles. The molecule has 0 atom stereocenters. The number of hydrogen-bond donors (Lipinski definition) is 1. The molecule has 0 saturated heterocycles. The zero-order valence-electron chi connectivity index (χ0n) is 11.5. The van der Waals surface area contributed by atoms with E-state index in [0.717, 1.165) is 26.9 Å². The van der Waals surface area contributed by atoms with Crippen molar-refractivity contribution in [3.05, 3.63) is 69.7 Å². The molecule has 0 unspecified atom stereocenters. The monoisotopic (exact) mass is 329 g/mol. The van der Waals surface area contributed by atoms with Gasteiger partial charge in [0.05, 0.1) is 0 Å². The standard InChI is InChI=1S/C17H16BrNO/c1-12-3-4-13(2)16(11-12)19-17(20)10-7-14-5-8-15(18)9-6-14/h3-11H,1-2H3,(H,19,20). The quantitative estimate of drug-likeness (QED) is 0.811. The van der Waals surface area contributed by atoms with Crippen molar-refractivity contribution in [3.8, 4) is 0 Å². The van der Waals surface area contributed by atoms with Crippen LogP contribution in [0, 0.1) is 13.8 Å². The zero-order valence-corrected chi connectivity index (χ0v) is 13.1. The molecule has 1 N–H and O–H groups in total. The summed E-state index contributed by atoms with van der Waals surface area (Å²) in [7, 11) is 0. The minimum atomic E-state index is -0.124. The van der Waals surface area contributed by atoms with Gasteiger partial charge in [-0.25, -0.2) is 0 Å². The van der Waals surface area contributed by atoms with E-state index < -0.39 is 0 Å². The van der Waals surface area contributed by atoms with Crippen LogP contribution in [0.2, 0.25) is 0 Å². The average Bonchev–Trinajstić information content (AvgIpc) is 2.42. The predicted octanol–water partition coefficient (Wildman–Crippen LogP) is 4.72. The van der Waals surface area contributed by atoms with Gasteiger partial charge in [0.25, 0.3) is 0 Å². The smallest absolute Gasteiger partial charge is 0.248 e. The normalized spacial score (nSPS) is 10.8. The number of amides is 1. The molecule has 0 aliphatic heterocycles. The second kappa shape index (κ2) is 6.53. The number of anilines is 1. The second-order valence-electron chi connectivity index (χ2n) is 4.69. The molecule has 102 valence electrons. The van der Waals surface area contributed by atoms with Crippen molar-refractivity contribution < 1.29 is 4.79 Å². The van der Waals surface area contributed by atoms with Crippen LogP contribution in [0.5, 0.6) is 0 Å².